The Bertz CT molecular complexity index is 537. The quantitative estimate of drug-likeness (QED) is 0.907. The molecule has 0 amide bonds. The fraction of sp³-hybridized carbons (Fsp3) is 0.538. The molecule has 2 saturated heterocycles. The average molecular weight is 301 g/mol. The molecule has 4 nitrogen and oxygen atoms in total. The molecule has 2 fully saturated rings. The molecule has 6 heteroatoms. The first-order chi connectivity index (χ1) is 9.09. The topological polar surface area (TPSA) is 49.4 Å². The van der Waals surface area contributed by atoms with Crippen LogP contribution in [0.25, 0.3) is 0 Å². The fourth-order valence-corrected chi connectivity index (χ4v) is 5.06. The molecule has 2 unspecified atom stereocenters. The lowest BCUT2D eigenvalue weighted by atomic mass is 9.95. The summed E-state index contributed by atoms with van der Waals surface area (Å²) in [5.41, 5.74) is 0. The number of nitrogens with zero attached hydrogens (tertiary/aromatic N) is 1. The first-order valence-corrected chi connectivity index (χ1v) is 8.40. The summed E-state index contributed by atoms with van der Waals surface area (Å²) in [4.78, 5) is 0.343. The van der Waals surface area contributed by atoms with E-state index in [-0.39, 0.29) is 12.1 Å². The number of nitrogens with one attached hydrogen (secondary N) is 1. The highest BCUT2D eigenvalue weighted by Crippen LogP contribution is 2.31. The summed E-state index contributed by atoms with van der Waals surface area (Å²) in [5, 5.41) is 3.88. The van der Waals surface area contributed by atoms with Crippen molar-refractivity contribution in [1.82, 2.24) is 9.62 Å². The maximum atomic E-state index is 12.8. The molecular formula is C13H17ClN2O2S. The SMILES string of the molecule is O=S(=O)(c1ccc(Cl)cc1)N1C2CCCC1CNC2. The zero-order chi connectivity index (χ0) is 13.5. The Kier molecular flexibility index (Phi) is 3.55. The Hall–Kier alpha value is -0.620. The van der Waals surface area contributed by atoms with Crippen LogP contribution in [0.2, 0.25) is 5.02 Å². The second kappa shape index (κ2) is 5.05. The van der Waals surface area contributed by atoms with Gasteiger partial charge in [-0.2, -0.15) is 4.31 Å². The number of rotatable bonds is 2. The fourth-order valence-electron chi connectivity index (χ4n) is 3.06. The van der Waals surface area contributed by atoms with Crippen molar-refractivity contribution < 1.29 is 8.42 Å². The largest absolute Gasteiger partial charge is 0.314 e. The highest BCUT2D eigenvalue weighted by Gasteiger charge is 2.41. The first kappa shape index (κ1) is 13.4. The molecule has 2 aliphatic heterocycles. The summed E-state index contributed by atoms with van der Waals surface area (Å²) < 4.78 is 27.3. The highest BCUT2D eigenvalue weighted by molar-refractivity contribution is 7.89. The van der Waals surface area contributed by atoms with Crippen molar-refractivity contribution in [3.05, 3.63) is 29.3 Å². The summed E-state index contributed by atoms with van der Waals surface area (Å²) in [6.07, 6.45) is 3.00. The van der Waals surface area contributed by atoms with E-state index in [0.717, 1.165) is 32.4 Å². The monoisotopic (exact) mass is 300 g/mol. The summed E-state index contributed by atoms with van der Waals surface area (Å²) in [7, 11) is -3.40. The number of piperazine rings is 1. The van der Waals surface area contributed by atoms with Gasteiger partial charge in [0.05, 0.1) is 4.90 Å². The van der Waals surface area contributed by atoms with Crippen LogP contribution < -0.4 is 5.32 Å². The molecule has 1 N–H and O–H groups in total. The second-order valence-electron chi connectivity index (χ2n) is 5.19. The Balaban J connectivity index is 1.97. The molecule has 2 atom stereocenters. The molecule has 2 aliphatic rings. The van der Waals surface area contributed by atoms with E-state index in [9.17, 15) is 8.42 Å². The van der Waals surface area contributed by atoms with Gasteiger partial charge < -0.3 is 5.32 Å². The third-order valence-electron chi connectivity index (χ3n) is 3.94. The number of fused-ring (bicyclic) bond motifs is 2. The zero-order valence-electron chi connectivity index (χ0n) is 10.5. The predicted molar refractivity (Wildman–Crippen MR) is 74.8 cm³/mol. The maximum absolute atomic E-state index is 12.8. The van der Waals surface area contributed by atoms with Gasteiger partial charge in [0.1, 0.15) is 0 Å². The van der Waals surface area contributed by atoms with E-state index in [2.05, 4.69) is 5.32 Å². The van der Waals surface area contributed by atoms with Gasteiger partial charge in [-0.25, -0.2) is 8.42 Å². The van der Waals surface area contributed by atoms with Crippen LogP contribution in [-0.2, 0) is 10.0 Å². The lowest BCUT2D eigenvalue weighted by Crippen LogP contribution is -2.61. The van der Waals surface area contributed by atoms with Crippen LogP contribution in [0.5, 0.6) is 0 Å². The van der Waals surface area contributed by atoms with Crippen LogP contribution in [0.3, 0.4) is 0 Å². The molecule has 104 valence electrons. The molecule has 1 aromatic rings. The van der Waals surface area contributed by atoms with Crippen molar-refractivity contribution >= 4 is 21.6 Å². The molecule has 3 rings (SSSR count). The van der Waals surface area contributed by atoms with Crippen LogP contribution in [0, 0.1) is 0 Å². The van der Waals surface area contributed by atoms with Crippen LogP contribution in [0.4, 0.5) is 0 Å². The molecule has 1 aromatic carbocycles. The van der Waals surface area contributed by atoms with Gasteiger partial charge in [0.2, 0.25) is 10.0 Å². The lowest BCUT2D eigenvalue weighted by molar-refractivity contribution is 0.138. The summed E-state index contributed by atoms with van der Waals surface area (Å²) in [6.45, 7) is 1.51. The number of piperidine rings is 1. The number of hydrogen-bond acceptors (Lipinski definition) is 3. The maximum Gasteiger partial charge on any atom is 0.243 e. The lowest BCUT2D eigenvalue weighted by Gasteiger charge is -2.45. The number of halogens is 1. The minimum absolute atomic E-state index is 0.0909. The molecule has 0 aliphatic carbocycles. The van der Waals surface area contributed by atoms with Crippen LogP contribution in [0.1, 0.15) is 19.3 Å². The third-order valence-corrected chi connectivity index (χ3v) is 6.21. The van der Waals surface area contributed by atoms with Gasteiger partial charge in [0, 0.05) is 30.2 Å². The highest BCUT2D eigenvalue weighted by atomic mass is 35.5. The molecule has 0 radical (unpaired) electrons. The van der Waals surface area contributed by atoms with Crippen LogP contribution in [0.15, 0.2) is 29.2 Å². The van der Waals surface area contributed by atoms with E-state index in [4.69, 9.17) is 11.6 Å². The minimum Gasteiger partial charge on any atom is -0.314 e. The molecule has 0 spiro atoms. The van der Waals surface area contributed by atoms with E-state index in [1.807, 2.05) is 0 Å². The summed E-state index contributed by atoms with van der Waals surface area (Å²) in [5.74, 6) is 0. The third kappa shape index (κ3) is 2.40. The Morgan fingerprint density at radius 1 is 1.11 bits per heavy atom. The number of sulfonamides is 1. The Morgan fingerprint density at radius 3 is 2.26 bits per heavy atom. The van der Waals surface area contributed by atoms with Crippen LogP contribution >= 0.6 is 11.6 Å². The van der Waals surface area contributed by atoms with Gasteiger partial charge in [-0.1, -0.05) is 18.0 Å². The number of benzene rings is 1. The molecule has 19 heavy (non-hydrogen) atoms. The molecular weight excluding hydrogens is 284 g/mol. The predicted octanol–water partition coefficient (Wildman–Crippen LogP) is 1.85. The Labute approximate surface area is 118 Å². The summed E-state index contributed by atoms with van der Waals surface area (Å²) in [6, 6.07) is 6.63. The number of hydrogen-bond donors (Lipinski definition) is 1. The normalized spacial score (nSPS) is 28.3. The van der Waals surface area contributed by atoms with Gasteiger partial charge >= 0.3 is 0 Å². The van der Waals surface area contributed by atoms with Gasteiger partial charge in [0.25, 0.3) is 0 Å². The van der Waals surface area contributed by atoms with E-state index < -0.39 is 10.0 Å². The minimum atomic E-state index is -3.40. The van der Waals surface area contributed by atoms with Crippen molar-refractivity contribution in [1.29, 1.82) is 0 Å². The molecule has 0 aromatic heterocycles. The zero-order valence-corrected chi connectivity index (χ0v) is 12.1. The molecule has 0 saturated carbocycles. The van der Waals surface area contributed by atoms with Crippen molar-refractivity contribution in [3.63, 3.8) is 0 Å². The van der Waals surface area contributed by atoms with Crippen molar-refractivity contribution in [2.24, 2.45) is 0 Å². The van der Waals surface area contributed by atoms with Gasteiger partial charge in [-0.3, -0.25) is 0 Å². The van der Waals surface area contributed by atoms with Gasteiger partial charge in [0.15, 0.2) is 0 Å². The van der Waals surface area contributed by atoms with Crippen molar-refractivity contribution in [3.8, 4) is 0 Å². The smallest absolute Gasteiger partial charge is 0.243 e. The van der Waals surface area contributed by atoms with Gasteiger partial charge in [-0.05, 0) is 37.1 Å². The first-order valence-electron chi connectivity index (χ1n) is 6.59. The van der Waals surface area contributed by atoms with Crippen LogP contribution in [-0.4, -0.2) is 37.9 Å². The molecule has 2 bridgehead atoms. The standard InChI is InChI=1S/C13H17ClN2O2S/c14-10-4-6-13(7-5-10)19(17,18)16-11-2-1-3-12(16)9-15-8-11/h4-7,11-12,15H,1-3,8-9H2. The van der Waals surface area contributed by atoms with Crippen molar-refractivity contribution in [2.45, 2.75) is 36.2 Å². The molecule has 2 heterocycles. The van der Waals surface area contributed by atoms with E-state index in [1.54, 1.807) is 28.6 Å². The average Bonchev–Trinajstić information content (AvgIpc) is 2.38. The van der Waals surface area contributed by atoms with Gasteiger partial charge in [-0.15, -0.1) is 0 Å². The second-order valence-corrected chi connectivity index (χ2v) is 7.47. The van der Waals surface area contributed by atoms with E-state index >= 15 is 0 Å². The summed E-state index contributed by atoms with van der Waals surface area (Å²) >= 11 is 5.82. The van der Waals surface area contributed by atoms with Crippen molar-refractivity contribution in [2.75, 3.05) is 13.1 Å². The Morgan fingerprint density at radius 2 is 1.68 bits per heavy atom. The van der Waals surface area contributed by atoms with E-state index in [0.29, 0.717) is 9.92 Å². The van der Waals surface area contributed by atoms with E-state index in [1.165, 1.54) is 0 Å².